The minimum Gasteiger partial charge on any atom is -0.479 e. The van der Waals surface area contributed by atoms with E-state index in [4.69, 9.17) is 9.47 Å². The molecule has 1 aromatic carbocycles. The minimum absolute atomic E-state index is 0.351. The summed E-state index contributed by atoms with van der Waals surface area (Å²) in [5.74, 6) is 1.69. The molecule has 2 atom stereocenters. The fourth-order valence-corrected chi connectivity index (χ4v) is 2.90. The van der Waals surface area contributed by atoms with E-state index in [2.05, 4.69) is 39.8 Å². The number of rotatable bonds is 9. The van der Waals surface area contributed by atoms with E-state index in [1.165, 1.54) is 37.5 Å². The molecule has 0 aliphatic heterocycles. The first-order valence-electron chi connectivity index (χ1n) is 8.74. The number of hydrogen-bond acceptors (Lipinski definition) is 3. The highest BCUT2D eigenvalue weighted by Crippen LogP contribution is 2.31. The van der Waals surface area contributed by atoms with E-state index in [0.717, 1.165) is 18.1 Å². The summed E-state index contributed by atoms with van der Waals surface area (Å²) in [6, 6.07) is 6.11. The summed E-state index contributed by atoms with van der Waals surface area (Å²) < 4.78 is 10.4. The first-order valence-corrected chi connectivity index (χ1v) is 8.74. The Morgan fingerprint density at radius 1 is 1.17 bits per heavy atom. The minimum atomic E-state index is -0.587. The van der Waals surface area contributed by atoms with Gasteiger partial charge in [0.1, 0.15) is 5.75 Å². The smallest absolute Gasteiger partial charge is 0.346 e. The summed E-state index contributed by atoms with van der Waals surface area (Å²) in [7, 11) is 1.38. The summed E-state index contributed by atoms with van der Waals surface area (Å²) >= 11 is 0. The van der Waals surface area contributed by atoms with Crippen LogP contribution in [0.2, 0.25) is 0 Å². The van der Waals surface area contributed by atoms with Crippen molar-refractivity contribution in [1.82, 2.24) is 0 Å². The van der Waals surface area contributed by atoms with Crippen LogP contribution >= 0.6 is 0 Å². The number of hydrogen-bond donors (Lipinski definition) is 0. The SMILES string of the molecule is CCC(CCCC(C)C)c1cc(OC(C)C(=O)OC)ccc1C. The molecular weight excluding hydrogens is 288 g/mol. The van der Waals surface area contributed by atoms with Gasteiger partial charge in [-0.3, -0.25) is 0 Å². The molecule has 0 amide bonds. The molecule has 3 nitrogen and oxygen atoms in total. The van der Waals surface area contributed by atoms with Gasteiger partial charge < -0.3 is 9.47 Å². The molecule has 130 valence electrons. The van der Waals surface area contributed by atoms with E-state index in [-0.39, 0.29) is 5.97 Å². The van der Waals surface area contributed by atoms with Crippen LogP contribution in [0, 0.1) is 12.8 Å². The number of aryl methyl sites for hydroxylation is 1. The van der Waals surface area contributed by atoms with Crippen molar-refractivity contribution < 1.29 is 14.3 Å². The number of carbonyl (C=O) groups is 1. The molecule has 0 fully saturated rings. The van der Waals surface area contributed by atoms with Crippen LogP contribution in [0.25, 0.3) is 0 Å². The zero-order valence-corrected chi connectivity index (χ0v) is 15.5. The van der Waals surface area contributed by atoms with Crippen molar-refractivity contribution in [2.24, 2.45) is 5.92 Å². The molecule has 0 aliphatic carbocycles. The van der Waals surface area contributed by atoms with Crippen molar-refractivity contribution in [2.75, 3.05) is 7.11 Å². The van der Waals surface area contributed by atoms with Crippen LogP contribution in [0.1, 0.15) is 70.4 Å². The zero-order chi connectivity index (χ0) is 17.4. The number of esters is 1. The topological polar surface area (TPSA) is 35.5 Å². The van der Waals surface area contributed by atoms with Crippen molar-refractivity contribution in [3.8, 4) is 5.75 Å². The zero-order valence-electron chi connectivity index (χ0n) is 15.5. The highest BCUT2D eigenvalue weighted by molar-refractivity contribution is 5.74. The highest BCUT2D eigenvalue weighted by atomic mass is 16.6. The van der Waals surface area contributed by atoms with Gasteiger partial charge in [0, 0.05) is 0 Å². The first kappa shape index (κ1) is 19.5. The Bertz CT molecular complexity index is 494. The van der Waals surface area contributed by atoms with Crippen molar-refractivity contribution in [3.05, 3.63) is 29.3 Å². The maximum absolute atomic E-state index is 11.5. The van der Waals surface area contributed by atoms with Crippen LogP contribution < -0.4 is 4.74 Å². The van der Waals surface area contributed by atoms with Crippen molar-refractivity contribution in [2.45, 2.75) is 72.3 Å². The molecule has 2 unspecified atom stereocenters. The second-order valence-corrected chi connectivity index (χ2v) is 6.73. The third-order valence-corrected chi connectivity index (χ3v) is 4.36. The van der Waals surface area contributed by atoms with Gasteiger partial charge >= 0.3 is 5.97 Å². The average molecular weight is 320 g/mol. The molecule has 3 heteroatoms. The van der Waals surface area contributed by atoms with E-state index >= 15 is 0 Å². The summed E-state index contributed by atoms with van der Waals surface area (Å²) in [6.45, 7) is 10.6. The Hall–Kier alpha value is -1.51. The van der Waals surface area contributed by atoms with E-state index in [0.29, 0.717) is 5.92 Å². The van der Waals surface area contributed by atoms with E-state index in [1.807, 2.05) is 6.07 Å². The molecule has 1 rings (SSSR count). The summed E-state index contributed by atoms with van der Waals surface area (Å²) in [4.78, 5) is 11.5. The molecule has 0 aliphatic rings. The molecule has 0 radical (unpaired) electrons. The largest absolute Gasteiger partial charge is 0.479 e. The number of benzene rings is 1. The van der Waals surface area contributed by atoms with Gasteiger partial charge in [-0.1, -0.05) is 39.7 Å². The molecular formula is C20H32O3. The van der Waals surface area contributed by atoms with Gasteiger partial charge in [0.15, 0.2) is 6.10 Å². The van der Waals surface area contributed by atoms with Crippen LogP contribution in [0.5, 0.6) is 5.75 Å². The monoisotopic (exact) mass is 320 g/mol. The van der Waals surface area contributed by atoms with Crippen LogP contribution in [0.15, 0.2) is 18.2 Å². The Kier molecular flexibility index (Phi) is 8.15. The van der Waals surface area contributed by atoms with Gasteiger partial charge in [0.2, 0.25) is 0 Å². The molecule has 0 heterocycles. The maximum Gasteiger partial charge on any atom is 0.346 e. The lowest BCUT2D eigenvalue weighted by Gasteiger charge is -2.20. The van der Waals surface area contributed by atoms with Crippen molar-refractivity contribution in [1.29, 1.82) is 0 Å². The summed E-state index contributed by atoms with van der Waals surface area (Å²) in [5, 5.41) is 0. The van der Waals surface area contributed by atoms with Gasteiger partial charge in [-0.2, -0.15) is 0 Å². The van der Waals surface area contributed by atoms with Crippen LogP contribution in [0.4, 0.5) is 0 Å². The Labute approximate surface area is 141 Å². The highest BCUT2D eigenvalue weighted by Gasteiger charge is 2.17. The lowest BCUT2D eigenvalue weighted by molar-refractivity contribution is -0.147. The Morgan fingerprint density at radius 3 is 2.43 bits per heavy atom. The molecule has 0 saturated heterocycles. The number of methoxy groups -OCH3 is 1. The predicted octanol–water partition coefficient (Wildman–Crippen LogP) is 5.26. The van der Waals surface area contributed by atoms with E-state index < -0.39 is 6.10 Å². The average Bonchev–Trinajstić information content (AvgIpc) is 2.52. The van der Waals surface area contributed by atoms with Gasteiger partial charge in [-0.25, -0.2) is 4.79 Å². The van der Waals surface area contributed by atoms with Crippen LogP contribution in [-0.2, 0) is 9.53 Å². The van der Waals surface area contributed by atoms with Gasteiger partial charge in [0.25, 0.3) is 0 Å². The van der Waals surface area contributed by atoms with E-state index in [9.17, 15) is 4.79 Å². The molecule has 1 aromatic rings. The summed E-state index contributed by atoms with van der Waals surface area (Å²) in [5.41, 5.74) is 2.63. The van der Waals surface area contributed by atoms with E-state index in [1.54, 1.807) is 6.92 Å². The lowest BCUT2D eigenvalue weighted by Crippen LogP contribution is -2.25. The fourth-order valence-electron chi connectivity index (χ4n) is 2.90. The lowest BCUT2D eigenvalue weighted by atomic mass is 9.87. The third-order valence-electron chi connectivity index (χ3n) is 4.36. The quantitative estimate of drug-likeness (QED) is 0.583. The van der Waals surface area contributed by atoms with Crippen LogP contribution in [0.3, 0.4) is 0 Å². The molecule has 0 saturated carbocycles. The Balaban J connectivity index is 2.83. The molecule has 0 N–H and O–H groups in total. The Morgan fingerprint density at radius 2 is 1.87 bits per heavy atom. The molecule has 0 spiro atoms. The van der Waals surface area contributed by atoms with Gasteiger partial charge in [-0.05, 0) is 61.8 Å². The number of ether oxygens (including phenoxy) is 2. The molecule has 23 heavy (non-hydrogen) atoms. The molecule has 0 bridgehead atoms. The predicted molar refractivity (Wildman–Crippen MR) is 95.0 cm³/mol. The second-order valence-electron chi connectivity index (χ2n) is 6.73. The fraction of sp³-hybridized carbons (Fsp3) is 0.650. The maximum atomic E-state index is 11.5. The third kappa shape index (κ3) is 6.25. The molecule has 0 aromatic heterocycles. The van der Waals surface area contributed by atoms with Gasteiger partial charge in [0.05, 0.1) is 7.11 Å². The van der Waals surface area contributed by atoms with Crippen LogP contribution in [-0.4, -0.2) is 19.2 Å². The van der Waals surface area contributed by atoms with Crippen molar-refractivity contribution >= 4 is 5.97 Å². The second kappa shape index (κ2) is 9.59. The van der Waals surface area contributed by atoms with Gasteiger partial charge in [-0.15, -0.1) is 0 Å². The first-order chi connectivity index (χ1) is 10.9. The number of carbonyl (C=O) groups excluding carboxylic acids is 1. The standard InChI is InChI=1S/C20H32O3/c1-7-17(10-8-9-14(2)3)19-13-18(12-11-15(19)4)23-16(5)20(21)22-6/h11-14,16-17H,7-10H2,1-6H3. The normalized spacial score (nSPS) is 13.7. The van der Waals surface area contributed by atoms with Crippen molar-refractivity contribution in [3.63, 3.8) is 0 Å². The summed E-state index contributed by atoms with van der Waals surface area (Å²) in [6.07, 6.45) is 4.25.